The van der Waals surface area contributed by atoms with Crippen LogP contribution in [0.5, 0.6) is 0 Å². The highest BCUT2D eigenvalue weighted by atomic mass is 35.5. The van der Waals surface area contributed by atoms with Crippen molar-refractivity contribution in [3.05, 3.63) is 87.4 Å². The van der Waals surface area contributed by atoms with E-state index in [-0.39, 0.29) is 26.9 Å². The number of aryl methyl sites for hydroxylation is 1. The van der Waals surface area contributed by atoms with Crippen LogP contribution in [-0.4, -0.2) is 21.8 Å². The van der Waals surface area contributed by atoms with E-state index in [0.717, 1.165) is 6.07 Å². The molecule has 0 bridgehead atoms. The van der Waals surface area contributed by atoms with Gasteiger partial charge in [-0.1, -0.05) is 23.7 Å². The first-order chi connectivity index (χ1) is 14.5. The Kier molecular flexibility index (Phi) is 6.20. The van der Waals surface area contributed by atoms with Gasteiger partial charge in [-0.15, -0.1) is 0 Å². The van der Waals surface area contributed by atoms with Crippen LogP contribution in [0.3, 0.4) is 0 Å². The molecule has 9 nitrogen and oxygen atoms in total. The van der Waals surface area contributed by atoms with Crippen LogP contribution in [0.2, 0.25) is 5.02 Å². The fourth-order valence-electron chi connectivity index (χ4n) is 2.67. The number of nitrogens with one attached hydrogen (secondary N) is 2. The van der Waals surface area contributed by atoms with Gasteiger partial charge in [0.05, 0.1) is 20.4 Å². The fraction of sp³-hybridized carbons (Fsp3) is 0.0526. The molecule has 0 saturated carbocycles. The van der Waals surface area contributed by atoms with Crippen LogP contribution in [0, 0.1) is 17.0 Å². The molecule has 0 spiro atoms. The molecule has 2 N–H and O–H groups in total. The standard InChI is InChI=1S/C19H16ClN3O6S2/c1-13-5-8-17(23(24)25)12-19(13)31(28,29)21-15-6-9-18(10-7-15)30(26,27)22-16-4-2-3-14(20)11-16/h2-12,21-22H,1H3. The van der Waals surface area contributed by atoms with Gasteiger partial charge in [-0.3, -0.25) is 19.6 Å². The smallest absolute Gasteiger partial charge is 0.270 e. The van der Waals surface area contributed by atoms with E-state index in [1.165, 1.54) is 55.5 Å². The zero-order valence-corrected chi connectivity index (χ0v) is 18.3. The molecule has 3 aromatic rings. The third kappa shape index (κ3) is 5.32. The predicted molar refractivity (Wildman–Crippen MR) is 117 cm³/mol. The second kappa shape index (κ2) is 8.53. The Bertz CT molecular complexity index is 1360. The van der Waals surface area contributed by atoms with Gasteiger partial charge in [-0.2, -0.15) is 0 Å². The number of nitro benzene ring substituents is 1. The minimum absolute atomic E-state index is 0.0904. The molecular weight excluding hydrogens is 466 g/mol. The van der Waals surface area contributed by atoms with Crippen molar-refractivity contribution in [2.75, 3.05) is 9.44 Å². The number of rotatable bonds is 7. The lowest BCUT2D eigenvalue weighted by atomic mass is 10.2. The van der Waals surface area contributed by atoms with Crippen molar-refractivity contribution in [1.29, 1.82) is 0 Å². The normalized spacial score (nSPS) is 11.7. The molecule has 0 heterocycles. The Balaban J connectivity index is 1.83. The van der Waals surface area contributed by atoms with E-state index in [9.17, 15) is 26.9 Å². The molecule has 0 amide bonds. The number of sulfonamides is 2. The summed E-state index contributed by atoms with van der Waals surface area (Å²) in [6, 6.07) is 14.7. The summed E-state index contributed by atoms with van der Waals surface area (Å²) in [5.41, 5.74) is 0.327. The summed E-state index contributed by atoms with van der Waals surface area (Å²) in [5.74, 6) is 0. The molecular formula is C19H16ClN3O6S2. The predicted octanol–water partition coefficient (Wildman–Crippen LogP) is 4.16. The monoisotopic (exact) mass is 481 g/mol. The number of nitrogens with zero attached hydrogens (tertiary/aromatic N) is 1. The van der Waals surface area contributed by atoms with Gasteiger partial charge in [-0.05, 0) is 55.0 Å². The van der Waals surface area contributed by atoms with Crippen molar-refractivity contribution >= 4 is 48.7 Å². The van der Waals surface area contributed by atoms with Crippen molar-refractivity contribution in [1.82, 2.24) is 0 Å². The SMILES string of the molecule is Cc1ccc([N+](=O)[O-])cc1S(=O)(=O)Nc1ccc(S(=O)(=O)Nc2cccc(Cl)c2)cc1. The van der Waals surface area contributed by atoms with Crippen LogP contribution in [0.25, 0.3) is 0 Å². The molecule has 0 fully saturated rings. The van der Waals surface area contributed by atoms with Crippen LogP contribution in [0.15, 0.2) is 76.5 Å². The third-order valence-electron chi connectivity index (χ3n) is 4.17. The fourth-order valence-corrected chi connectivity index (χ4v) is 5.23. The first kappa shape index (κ1) is 22.5. The van der Waals surface area contributed by atoms with Crippen molar-refractivity contribution < 1.29 is 21.8 Å². The molecule has 0 atom stereocenters. The van der Waals surface area contributed by atoms with Gasteiger partial charge in [0.25, 0.3) is 25.7 Å². The van der Waals surface area contributed by atoms with Gasteiger partial charge < -0.3 is 0 Å². The Morgan fingerprint density at radius 2 is 1.48 bits per heavy atom. The number of nitro groups is 1. The highest BCUT2D eigenvalue weighted by Gasteiger charge is 2.21. The maximum Gasteiger partial charge on any atom is 0.270 e. The summed E-state index contributed by atoms with van der Waals surface area (Å²) in [7, 11) is -8.06. The summed E-state index contributed by atoms with van der Waals surface area (Å²) in [6.45, 7) is 1.51. The van der Waals surface area contributed by atoms with E-state index in [4.69, 9.17) is 11.6 Å². The second-order valence-corrected chi connectivity index (χ2v) is 10.2. The van der Waals surface area contributed by atoms with Gasteiger partial charge in [-0.25, -0.2) is 16.8 Å². The zero-order chi connectivity index (χ0) is 22.8. The van der Waals surface area contributed by atoms with Gasteiger partial charge in [0, 0.05) is 22.8 Å². The maximum absolute atomic E-state index is 12.7. The van der Waals surface area contributed by atoms with Crippen molar-refractivity contribution in [3.8, 4) is 0 Å². The molecule has 0 radical (unpaired) electrons. The molecule has 162 valence electrons. The van der Waals surface area contributed by atoms with E-state index in [2.05, 4.69) is 9.44 Å². The first-order valence-electron chi connectivity index (χ1n) is 8.64. The number of hydrogen-bond donors (Lipinski definition) is 2. The van der Waals surface area contributed by atoms with Crippen LogP contribution in [0.1, 0.15) is 5.56 Å². The summed E-state index contributed by atoms with van der Waals surface area (Å²) in [5, 5.41) is 11.3. The van der Waals surface area contributed by atoms with E-state index < -0.39 is 25.0 Å². The third-order valence-corrected chi connectivity index (χ3v) is 7.32. The first-order valence-corrected chi connectivity index (χ1v) is 12.0. The van der Waals surface area contributed by atoms with E-state index in [0.29, 0.717) is 10.6 Å². The van der Waals surface area contributed by atoms with E-state index in [1.54, 1.807) is 12.1 Å². The quantitative estimate of drug-likeness (QED) is 0.384. The van der Waals surface area contributed by atoms with Crippen LogP contribution in [0.4, 0.5) is 17.1 Å². The van der Waals surface area contributed by atoms with E-state index in [1.807, 2.05) is 0 Å². The average Bonchev–Trinajstić information content (AvgIpc) is 2.67. The molecule has 12 heteroatoms. The highest BCUT2D eigenvalue weighted by Crippen LogP contribution is 2.25. The Labute approximate surface area is 183 Å². The van der Waals surface area contributed by atoms with Gasteiger partial charge in [0.2, 0.25) is 0 Å². The Hall–Kier alpha value is -3.15. The number of hydrogen-bond acceptors (Lipinski definition) is 6. The Morgan fingerprint density at radius 3 is 2.10 bits per heavy atom. The largest absolute Gasteiger partial charge is 0.280 e. The van der Waals surface area contributed by atoms with Crippen LogP contribution >= 0.6 is 11.6 Å². The van der Waals surface area contributed by atoms with Crippen LogP contribution < -0.4 is 9.44 Å². The molecule has 0 aliphatic heterocycles. The minimum atomic E-state index is -4.14. The molecule has 0 aromatic heterocycles. The Morgan fingerprint density at radius 1 is 0.839 bits per heavy atom. The molecule has 31 heavy (non-hydrogen) atoms. The topological polar surface area (TPSA) is 135 Å². The van der Waals surface area contributed by atoms with Crippen molar-refractivity contribution in [2.24, 2.45) is 0 Å². The molecule has 3 rings (SSSR count). The van der Waals surface area contributed by atoms with Gasteiger partial charge in [0.1, 0.15) is 0 Å². The molecule has 0 aliphatic carbocycles. The van der Waals surface area contributed by atoms with E-state index >= 15 is 0 Å². The van der Waals surface area contributed by atoms with Gasteiger partial charge >= 0.3 is 0 Å². The van der Waals surface area contributed by atoms with Crippen LogP contribution in [-0.2, 0) is 20.0 Å². The summed E-state index contributed by atoms with van der Waals surface area (Å²) in [6.07, 6.45) is 0. The molecule has 3 aromatic carbocycles. The van der Waals surface area contributed by atoms with Crippen molar-refractivity contribution in [2.45, 2.75) is 16.7 Å². The number of non-ortho nitro benzene ring substituents is 1. The zero-order valence-electron chi connectivity index (χ0n) is 15.9. The second-order valence-electron chi connectivity index (χ2n) is 6.45. The summed E-state index contributed by atoms with van der Waals surface area (Å²) in [4.78, 5) is 9.92. The lowest BCUT2D eigenvalue weighted by molar-refractivity contribution is -0.385. The van der Waals surface area contributed by atoms with Gasteiger partial charge in [0.15, 0.2) is 0 Å². The molecule has 0 aliphatic rings. The number of anilines is 2. The lowest BCUT2D eigenvalue weighted by Crippen LogP contribution is -2.15. The summed E-state index contributed by atoms with van der Waals surface area (Å²) < 4.78 is 55.1. The molecule has 0 unspecified atom stereocenters. The average molecular weight is 482 g/mol. The number of benzene rings is 3. The minimum Gasteiger partial charge on any atom is -0.280 e. The lowest BCUT2D eigenvalue weighted by Gasteiger charge is -2.12. The highest BCUT2D eigenvalue weighted by molar-refractivity contribution is 7.93. The maximum atomic E-state index is 12.7. The molecule has 0 saturated heterocycles. The number of halogens is 1. The summed E-state index contributed by atoms with van der Waals surface area (Å²) >= 11 is 5.85. The van der Waals surface area contributed by atoms with Crippen molar-refractivity contribution in [3.63, 3.8) is 0 Å².